The van der Waals surface area contributed by atoms with Gasteiger partial charge in [0.1, 0.15) is 17.3 Å². The zero-order chi connectivity index (χ0) is 22.3. The number of pyridine rings is 1. The molecule has 1 amide bonds. The Labute approximate surface area is 186 Å². The first-order chi connectivity index (χ1) is 14.7. The van der Waals surface area contributed by atoms with Crippen molar-refractivity contribution in [3.63, 3.8) is 0 Å². The lowest BCUT2D eigenvalue weighted by molar-refractivity contribution is -0.117. The molecule has 4 atom stereocenters. The Bertz CT molecular complexity index is 1050. The molecule has 8 nitrogen and oxygen atoms in total. The number of methoxy groups -OCH3 is 1. The minimum atomic E-state index is -0.506. The van der Waals surface area contributed by atoms with Crippen LogP contribution < -0.4 is 20.9 Å². The Morgan fingerprint density at radius 2 is 2.13 bits per heavy atom. The number of hydrogen-bond acceptors (Lipinski definition) is 6. The van der Waals surface area contributed by atoms with E-state index in [4.69, 9.17) is 16.3 Å². The Morgan fingerprint density at radius 3 is 2.81 bits per heavy atom. The van der Waals surface area contributed by atoms with Gasteiger partial charge >= 0.3 is 0 Å². The number of halogens is 1. The van der Waals surface area contributed by atoms with Crippen molar-refractivity contribution in [3.05, 3.63) is 39.9 Å². The van der Waals surface area contributed by atoms with E-state index in [9.17, 15) is 9.59 Å². The van der Waals surface area contributed by atoms with Crippen molar-refractivity contribution >= 4 is 28.9 Å². The van der Waals surface area contributed by atoms with E-state index in [-0.39, 0.29) is 23.5 Å². The maximum atomic E-state index is 12.7. The minimum Gasteiger partial charge on any atom is -0.480 e. The van der Waals surface area contributed by atoms with Gasteiger partial charge in [0.15, 0.2) is 0 Å². The molecule has 5 rings (SSSR count). The number of ether oxygens (including phenoxy) is 1. The van der Waals surface area contributed by atoms with Gasteiger partial charge in [0.05, 0.1) is 19.0 Å². The van der Waals surface area contributed by atoms with Crippen molar-refractivity contribution in [1.29, 1.82) is 0 Å². The van der Waals surface area contributed by atoms with E-state index in [1.165, 1.54) is 19.7 Å². The third-order valence-electron chi connectivity index (χ3n) is 7.21. The zero-order valence-corrected chi connectivity index (χ0v) is 18.9. The molecule has 2 heterocycles. The van der Waals surface area contributed by atoms with E-state index in [0.717, 1.165) is 11.1 Å². The molecule has 0 spiro atoms. The van der Waals surface area contributed by atoms with Crippen LogP contribution in [0, 0.1) is 23.2 Å². The zero-order valence-electron chi connectivity index (χ0n) is 18.2. The minimum absolute atomic E-state index is 0.0486. The molecule has 0 aliphatic heterocycles. The molecule has 3 aliphatic carbocycles. The first-order valence-corrected chi connectivity index (χ1v) is 10.9. The number of carbonyl (C=O) groups is 1. The van der Waals surface area contributed by atoms with Crippen LogP contribution in [0.25, 0.3) is 0 Å². The van der Waals surface area contributed by atoms with Gasteiger partial charge in [-0.2, -0.15) is 5.10 Å². The number of anilines is 2. The van der Waals surface area contributed by atoms with Crippen molar-refractivity contribution in [3.8, 4) is 5.88 Å². The molecule has 0 unspecified atom stereocenters. The number of fused-ring (bicyclic) bond motifs is 2. The van der Waals surface area contributed by atoms with Crippen LogP contribution in [0.15, 0.2) is 29.3 Å². The topological polar surface area (TPSA) is 98.1 Å². The second-order valence-corrected chi connectivity index (χ2v) is 9.53. The molecule has 2 aromatic heterocycles. The maximum Gasteiger partial charge on any atom is 0.288 e. The molecule has 9 heteroatoms. The Balaban J connectivity index is 1.44. The van der Waals surface area contributed by atoms with Gasteiger partial charge < -0.3 is 15.4 Å². The van der Waals surface area contributed by atoms with Crippen LogP contribution >= 0.6 is 11.6 Å². The second-order valence-electron chi connectivity index (χ2n) is 9.15. The van der Waals surface area contributed by atoms with Gasteiger partial charge in [0.25, 0.3) is 5.56 Å². The molecule has 0 radical (unpaired) electrons. The summed E-state index contributed by atoms with van der Waals surface area (Å²) < 4.78 is 6.17. The smallest absolute Gasteiger partial charge is 0.288 e. The van der Waals surface area contributed by atoms with Gasteiger partial charge in [-0.1, -0.05) is 32.4 Å². The number of nitrogens with one attached hydrogen (secondary N) is 2. The Morgan fingerprint density at radius 1 is 1.35 bits per heavy atom. The molecule has 3 saturated carbocycles. The first kappa shape index (κ1) is 21.6. The van der Waals surface area contributed by atoms with E-state index in [0.29, 0.717) is 34.5 Å². The number of nitrogens with zero attached hydrogens (tertiary/aromatic N) is 3. The average molecular weight is 446 g/mol. The first-order valence-electron chi connectivity index (χ1n) is 10.5. The molecule has 0 aromatic carbocycles. The summed E-state index contributed by atoms with van der Waals surface area (Å²) in [5.74, 6) is 1.70. The quantitative estimate of drug-likeness (QED) is 0.706. The highest BCUT2D eigenvalue weighted by molar-refractivity contribution is 6.32. The summed E-state index contributed by atoms with van der Waals surface area (Å²) in [5, 5.41) is 10.3. The molecule has 166 valence electrons. The van der Waals surface area contributed by atoms with Gasteiger partial charge in [-0.05, 0) is 48.1 Å². The van der Waals surface area contributed by atoms with Crippen molar-refractivity contribution in [2.24, 2.45) is 23.2 Å². The summed E-state index contributed by atoms with van der Waals surface area (Å²) in [6, 6.07) is 3.60. The van der Waals surface area contributed by atoms with Crippen LogP contribution in [-0.4, -0.2) is 33.8 Å². The fraction of sp³-hybridized carbons (Fsp3) is 0.545. The predicted octanol–water partition coefficient (Wildman–Crippen LogP) is 3.42. The third kappa shape index (κ3) is 3.89. The lowest BCUT2D eigenvalue weighted by Gasteiger charge is -2.62. The highest BCUT2D eigenvalue weighted by Gasteiger charge is 2.56. The number of rotatable bonds is 6. The van der Waals surface area contributed by atoms with Crippen LogP contribution in [-0.2, 0) is 11.3 Å². The maximum absolute atomic E-state index is 12.7. The number of carbonyl (C=O) groups excluding carboxylic acids is 1. The van der Waals surface area contributed by atoms with E-state index in [1.807, 2.05) is 0 Å². The van der Waals surface area contributed by atoms with Crippen LogP contribution in [0.3, 0.4) is 0 Å². The van der Waals surface area contributed by atoms with Gasteiger partial charge in [-0.3, -0.25) is 9.59 Å². The summed E-state index contributed by atoms with van der Waals surface area (Å²) in [7, 11) is 1.47. The predicted molar refractivity (Wildman–Crippen MR) is 119 cm³/mol. The van der Waals surface area contributed by atoms with Gasteiger partial charge in [0, 0.05) is 12.2 Å². The third-order valence-corrected chi connectivity index (χ3v) is 7.58. The summed E-state index contributed by atoms with van der Waals surface area (Å²) in [4.78, 5) is 29.1. The van der Waals surface area contributed by atoms with Crippen molar-refractivity contribution < 1.29 is 9.53 Å². The van der Waals surface area contributed by atoms with Gasteiger partial charge in [-0.25, -0.2) is 9.67 Å². The molecule has 3 aliphatic rings. The lowest BCUT2D eigenvalue weighted by atomic mass is 9.45. The highest BCUT2D eigenvalue weighted by atomic mass is 35.5. The van der Waals surface area contributed by atoms with Crippen LogP contribution in [0.4, 0.5) is 11.4 Å². The van der Waals surface area contributed by atoms with Crippen LogP contribution in [0.2, 0.25) is 5.02 Å². The Kier molecular flexibility index (Phi) is 5.68. The van der Waals surface area contributed by atoms with Crippen molar-refractivity contribution in [2.75, 3.05) is 17.7 Å². The van der Waals surface area contributed by atoms with Gasteiger partial charge in [-0.15, -0.1) is 0 Å². The van der Waals surface area contributed by atoms with E-state index < -0.39 is 11.5 Å². The normalized spacial score (nSPS) is 26.0. The number of amides is 1. The average Bonchev–Trinajstić information content (AvgIpc) is 2.74. The molecular formula is C22H28ClN5O3. The molecule has 0 saturated heterocycles. The van der Waals surface area contributed by atoms with Crippen LogP contribution in [0.1, 0.15) is 33.6 Å². The molecule has 2 aromatic rings. The number of hydrogen-bond donors (Lipinski definition) is 2. The molecule has 2 N–H and O–H groups in total. The van der Waals surface area contributed by atoms with Crippen molar-refractivity contribution in [1.82, 2.24) is 14.8 Å². The second kappa shape index (κ2) is 8.15. The number of aromatic nitrogens is 3. The largest absolute Gasteiger partial charge is 0.480 e. The molecule has 3 fully saturated rings. The molecular weight excluding hydrogens is 418 g/mol. The summed E-state index contributed by atoms with van der Waals surface area (Å²) >= 11 is 6.36. The molecule has 2 bridgehead atoms. The molecule has 31 heavy (non-hydrogen) atoms. The lowest BCUT2D eigenvalue weighted by Crippen LogP contribution is -2.58. The Hall–Kier alpha value is -2.61. The summed E-state index contributed by atoms with van der Waals surface area (Å²) in [5.41, 5.74) is 0.815. The van der Waals surface area contributed by atoms with E-state index >= 15 is 0 Å². The fourth-order valence-electron chi connectivity index (χ4n) is 5.19. The monoisotopic (exact) mass is 445 g/mol. The van der Waals surface area contributed by atoms with E-state index in [2.05, 4.69) is 41.5 Å². The van der Waals surface area contributed by atoms with Crippen LogP contribution in [0.5, 0.6) is 5.88 Å². The van der Waals surface area contributed by atoms with E-state index in [1.54, 1.807) is 18.3 Å². The summed E-state index contributed by atoms with van der Waals surface area (Å²) in [6.07, 6.45) is 5.42. The van der Waals surface area contributed by atoms with Crippen molar-refractivity contribution in [2.45, 2.75) is 46.2 Å². The standard InChI is InChI=1S/C22H28ClN5O3/c1-12-14-8-13(22(14,2)3)9-16(12)26-17-10-25-28(21(30)19(17)23)11-18(29)27-15-6-5-7-24-20(15)31-4/h5-7,10,12-14,16,26H,8-9,11H2,1-4H3,(H,27,29)/t12-,13-,14+,16-/m1/s1. The fourth-order valence-corrected chi connectivity index (χ4v) is 5.39. The SMILES string of the molecule is COc1ncccc1NC(=O)Cn1ncc(N[C@@H]2C[C@H]3C[C@@H]([C@H]2C)C3(C)C)c(Cl)c1=O. The summed E-state index contributed by atoms with van der Waals surface area (Å²) in [6.45, 7) is 6.69. The highest BCUT2D eigenvalue weighted by Crippen LogP contribution is 2.61. The van der Waals surface area contributed by atoms with Gasteiger partial charge in [0.2, 0.25) is 11.8 Å².